The summed E-state index contributed by atoms with van der Waals surface area (Å²) in [5, 5.41) is 0. The minimum absolute atomic E-state index is 0.0221. The molecule has 1 aliphatic rings. The second-order valence-corrected chi connectivity index (χ2v) is 7.49. The number of anilines is 1. The molecular weight excluding hydrogens is 342 g/mol. The van der Waals surface area contributed by atoms with E-state index in [-0.39, 0.29) is 28.5 Å². The maximum absolute atomic E-state index is 12.4. The monoisotopic (exact) mass is 365 g/mol. The predicted octanol–water partition coefficient (Wildman–Crippen LogP) is 4.37. The number of nitrogens with zero attached hydrogens (tertiary/aromatic N) is 1. The lowest BCUT2D eigenvalue weighted by atomic mass is 10.0. The van der Waals surface area contributed by atoms with Crippen LogP contribution >= 0.6 is 15.9 Å². The average Bonchev–Trinajstić information content (AvgIpc) is 2.80. The number of rotatable bonds is 5. The highest BCUT2D eigenvalue weighted by molar-refractivity contribution is 9.10. The molecule has 1 heterocycles. The molecule has 3 nitrogen and oxygen atoms in total. The Bertz CT molecular complexity index is 582. The van der Waals surface area contributed by atoms with Gasteiger partial charge >= 0.3 is 0 Å². The molecule has 0 saturated heterocycles. The van der Waals surface area contributed by atoms with Crippen molar-refractivity contribution >= 4 is 33.3 Å². The molecule has 1 amide bonds. The summed E-state index contributed by atoms with van der Waals surface area (Å²) in [7, 11) is 0. The van der Waals surface area contributed by atoms with Gasteiger partial charge in [0.25, 0.3) is 0 Å². The van der Waals surface area contributed by atoms with Gasteiger partial charge in [0.2, 0.25) is 5.91 Å². The second kappa shape index (κ2) is 6.95. The van der Waals surface area contributed by atoms with E-state index in [2.05, 4.69) is 29.8 Å². The molecule has 0 spiro atoms. The number of benzene rings is 1. The lowest BCUT2D eigenvalue weighted by Gasteiger charge is -2.24. The highest BCUT2D eigenvalue weighted by Crippen LogP contribution is 2.34. The molecule has 2 rings (SSSR count). The zero-order chi connectivity index (χ0) is 16.4. The molecule has 0 saturated carbocycles. The number of hydrogen-bond donors (Lipinski definition) is 0. The largest absolute Gasteiger partial charge is 0.309 e. The average molecular weight is 366 g/mol. The third-order valence-electron chi connectivity index (χ3n) is 4.14. The molecule has 4 heteroatoms. The van der Waals surface area contributed by atoms with Crippen molar-refractivity contribution in [2.75, 3.05) is 4.90 Å². The third kappa shape index (κ3) is 3.27. The number of Topliss-reactive ketones (excluding diaryl/α,β-unsaturated/α-hetero) is 1. The molecule has 1 aromatic carbocycles. The Kier molecular flexibility index (Phi) is 5.43. The molecule has 0 aromatic heterocycles. The summed E-state index contributed by atoms with van der Waals surface area (Å²) in [6.45, 7) is 7.98. The van der Waals surface area contributed by atoms with Crippen molar-refractivity contribution in [2.45, 2.75) is 57.8 Å². The summed E-state index contributed by atoms with van der Waals surface area (Å²) in [5.74, 6) is 0.256. The van der Waals surface area contributed by atoms with Gasteiger partial charge in [-0.05, 0) is 43.5 Å². The van der Waals surface area contributed by atoms with Crippen LogP contribution in [0.25, 0.3) is 0 Å². The zero-order valence-corrected chi connectivity index (χ0v) is 15.3. The summed E-state index contributed by atoms with van der Waals surface area (Å²) in [6.07, 6.45) is 2.63. The Labute approximate surface area is 141 Å². The number of carbonyl (C=O) groups is 2. The fourth-order valence-corrected chi connectivity index (χ4v) is 3.69. The summed E-state index contributed by atoms with van der Waals surface area (Å²) in [4.78, 5) is 26.6. The van der Waals surface area contributed by atoms with E-state index in [1.165, 1.54) is 0 Å². The molecule has 2 atom stereocenters. The Hall–Kier alpha value is -1.16. The standard InChI is InChI=1S/C18H24BrNO2/c1-5-6-15(19)17(21)13-7-8-16-14(10-13)9-12(4)20(16)18(22)11(2)3/h7-8,10-12,15H,5-6,9H2,1-4H3. The Balaban J connectivity index is 2.29. The van der Waals surface area contributed by atoms with E-state index >= 15 is 0 Å². The predicted molar refractivity (Wildman–Crippen MR) is 93.9 cm³/mol. The highest BCUT2D eigenvalue weighted by atomic mass is 79.9. The van der Waals surface area contributed by atoms with E-state index in [1.807, 2.05) is 36.9 Å². The first-order valence-corrected chi connectivity index (χ1v) is 8.92. The van der Waals surface area contributed by atoms with Gasteiger partial charge in [0.1, 0.15) is 0 Å². The number of ketones is 1. The first kappa shape index (κ1) is 17.2. The highest BCUT2D eigenvalue weighted by Gasteiger charge is 2.32. The quantitative estimate of drug-likeness (QED) is 0.573. The minimum atomic E-state index is -0.122. The van der Waals surface area contributed by atoms with E-state index in [0.29, 0.717) is 0 Å². The van der Waals surface area contributed by atoms with Crippen molar-refractivity contribution in [3.05, 3.63) is 29.3 Å². The van der Waals surface area contributed by atoms with Crippen molar-refractivity contribution in [3.63, 3.8) is 0 Å². The molecule has 1 aliphatic heterocycles. The molecule has 1 aromatic rings. The number of amides is 1. The number of alkyl halides is 1. The van der Waals surface area contributed by atoms with Crippen molar-refractivity contribution in [2.24, 2.45) is 5.92 Å². The number of halogens is 1. The fraction of sp³-hybridized carbons (Fsp3) is 0.556. The van der Waals surface area contributed by atoms with Crippen molar-refractivity contribution in [3.8, 4) is 0 Å². The van der Waals surface area contributed by atoms with Gasteiger partial charge in [-0.2, -0.15) is 0 Å². The van der Waals surface area contributed by atoms with Crippen LogP contribution in [-0.2, 0) is 11.2 Å². The van der Waals surface area contributed by atoms with Gasteiger partial charge < -0.3 is 4.90 Å². The van der Waals surface area contributed by atoms with Crippen LogP contribution in [-0.4, -0.2) is 22.6 Å². The molecule has 22 heavy (non-hydrogen) atoms. The lowest BCUT2D eigenvalue weighted by Crippen LogP contribution is -2.38. The molecule has 0 aliphatic carbocycles. The van der Waals surface area contributed by atoms with E-state index in [9.17, 15) is 9.59 Å². The van der Waals surface area contributed by atoms with E-state index in [1.54, 1.807) is 0 Å². The van der Waals surface area contributed by atoms with Crippen LogP contribution in [0, 0.1) is 5.92 Å². The van der Waals surface area contributed by atoms with Gasteiger partial charge in [0.15, 0.2) is 5.78 Å². The topological polar surface area (TPSA) is 37.4 Å². The molecular formula is C18H24BrNO2. The van der Waals surface area contributed by atoms with Crippen molar-refractivity contribution in [1.82, 2.24) is 0 Å². The van der Waals surface area contributed by atoms with Gasteiger partial charge in [-0.25, -0.2) is 0 Å². The van der Waals surface area contributed by atoms with Crippen LogP contribution in [0.15, 0.2) is 18.2 Å². The van der Waals surface area contributed by atoms with Crippen LogP contribution in [0.1, 0.15) is 56.5 Å². The van der Waals surface area contributed by atoms with E-state index in [0.717, 1.165) is 36.1 Å². The Morgan fingerprint density at radius 2 is 2.05 bits per heavy atom. The van der Waals surface area contributed by atoms with Crippen LogP contribution in [0.4, 0.5) is 5.69 Å². The van der Waals surface area contributed by atoms with Crippen LogP contribution in [0.5, 0.6) is 0 Å². The second-order valence-electron chi connectivity index (χ2n) is 6.38. The van der Waals surface area contributed by atoms with Crippen molar-refractivity contribution in [1.29, 1.82) is 0 Å². The SMILES string of the molecule is CCCC(Br)C(=O)c1ccc2c(c1)CC(C)N2C(=O)C(C)C. The number of hydrogen-bond acceptors (Lipinski definition) is 2. The van der Waals surface area contributed by atoms with E-state index < -0.39 is 0 Å². The molecule has 120 valence electrons. The Morgan fingerprint density at radius 1 is 1.36 bits per heavy atom. The lowest BCUT2D eigenvalue weighted by molar-refractivity contribution is -0.121. The summed E-state index contributed by atoms with van der Waals surface area (Å²) in [5.41, 5.74) is 2.80. The van der Waals surface area contributed by atoms with Gasteiger partial charge in [-0.15, -0.1) is 0 Å². The van der Waals surface area contributed by atoms with Gasteiger partial charge in [-0.3, -0.25) is 9.59 Å². The third-order valence-corrected chi connectivity index (χ3v) is 5.01. The molecule has 2 unspecified atom stereocenters. The normalized spacial score (nSPS) is 18.5. The number of fused-ring (bicyclic) bond motifs is 1. The molecule has 0 bridgehead atoms. The smallest absolute Gasteiger partial charge is 0.229 e. The minimum Gasteiger partial charge on any atom is -0.309 e. The van der Waals surface area contributed by atoms with E-state index in [4.69, 9.17) is 0 Å². The molecule has 0 fully saturated rings. The van der Waals surface area contributed by atoms with Crippen molar-refractivity contribution < 1.29 is 9.59 Å². The van der Waals surface area contributed by atoms with Gasteiger partial charge in [0.05, 0.1) is 4.83 Å². The maximum Gasteiger partial charge on any atom is 0.229 e. The summed E-state index contributed by atoms with van der Waals surface area (Å²) < 4.78 is 0. The summed E-state index contributed by atoms with van der Waals surface area (Å²) >= 11 is 3.47. The first-order chi connectivity index (χ1) is 10.4. The Morgan fingerprint density at radius 3 is 2.64 bits per heavy atom. The number of carbonyl (C=O) groups excluding carboxylic acids is 2. The van der Waals surface area contributed by atoms with Crippen LogP contribution in [0.3, 0.4) is 0 Å². The van der Waals surface area contributed by atoms with Crippen LogP contribution < -0.4 is 4.90 Å². The van der Waals surface area contributed by atoms with Gasteiger partial charge in [-0.1, -0.05) is 43.1 Å². The van der Waals surface area contributed by atoms with Gasteiger partial charge in [0, 0.05) is 23.2 Å². The fourth-order valence-electron chi connectivity index (χ4n) is 2.96. The zero-order valence-electron chi connectivity index (χ0n) is 13.7. The maximum atomic E-state index is 12.4. The summed E-state index contributed by atoms with van der Waals surface area (Å²) in [6, 6.07) is 5.90. The van der Waals surface area contributed by atoms with Crippen LogP contribution in [0.2, 0.25) is 0 Å². The first-order valence-electron chi connectivity index (χ1n) is 8.01. The molecule has 0 N–H and O–H groups in total. The molecule has 0 radical (unpaired) electrons.